The molecule has 0 aliphatic carbocycles. The molecule has 194 valence electrons. The highest BCUT2D eigenvalue weighted by molar-refractivity contribution is 6.43. The fourth-order valence-corrected chi connectivity index (χ4v) is 4.77. The molecule has 0 unspecified atom stereocenters. The molecular formula is C26H31Cl2N3O5. The lowest BCUT2D eigenvalue weighted by molar-refractivity contribution is -0.142. The number of nitrogens with zero attached hydrogens (tertiary/aromatic N) is 3. The van der Waals surface area contributed by atoms with Crippen LogP contribution < -0.4 is 19.3 Å². The maximum Gasteiger partial charge on any atom is 0.326 e. The van der Waals surface area contributed by atoms with Gasteiger partial charge in [-0.15, -0.1) is 0 Å². The van der Waals surface area contributed by atoms with Gasteiger partial charge >= 0.3 is 5.97 Å². The number of hydrogen-bond donors (Lipinski definition) is 0. The van der Waals surface area contributed by atoms with Crippen molar-refractivity contribution in [3.63, 3.8) is 0 Å². The summed E-state index contributed by atoms with van der Waals surface area (Å²) in [6.45, 7) is 7.07. The highest BCUT2D eigenvalue weighted by Gasteiger charge is 2.28. The fraction of sp³-hybridized carbons (Fsp3) is 0.462. The van der Waals surface area contributed by atoms with Crippen molar-refractivity contribution in [3.05, 3.63) is 46.4 Å². The Hall–Kier alpha value is -2.68. The van der Waals surface area contributed by atoms with E-state index in [2.05, 4.69) is 9.80 Å². The van der Waals surface area contributed by atoms with Crippen molar-refractivity contribution in [2.24, 2.45) is 0 Å². The number of hydrogen-bond acceptors (Lipinski definition) is 7. The number of ether oxygens (including phenoxy) is 3. The van der Waals surface area contributed by atoms with Gasteiger partial charge in [0.1, 0.15) is 18.0 Å². The van der Waals surface area contributed by atoms with E-state index in [9.17, 15) is 9.59 Å². The Bertz CT molecular complexity index is 1080. The summed E-state index contributed by atoms with van der Waals surface area (Å²) in [7, 11) is 0. The third-order valence-corrected chi connectivity index (χ3v) is 7.06. The molecule has 0 aromatic heterocycles. The maximum absolute atomic E-state index is 12.3. The maximum atomic E-state index is 12.3. The second-order valence-corrected chi connectivity index (χ2v) is 9.45. The van der Waals surface area contributed by atoms with Crippen LogP contribution in [0.2, 0.25) is 10.0 Å². The normalized spacial score (nSPS) is 15.9. The first kappa shape index (κ1) is 26.4. The van der Waals surface area contributed by atoms with E-state index in [-0.39, 0.29) is 25.7 Å². The minimum atomic E-state index is -0.457. The van der Waals surface area contributed by atoms with E-state index in [0.717, 1.165) is 51.3 Å². The number of rotatable bonds is 10. The third kappa shape index (κ3) is 6.55. The largest absolute Gasteiger partial charge is 0.494 e. The predicted molar refractivity (Wildman–Crippen MR) is 141 cm³/mol. The number of fused-ring (bicyclic) bond motifs is 1. The Morgan fingerprint density at radius 1 is 1.06 bits per heavy atom. The number of amides is 1. The van der Waals surface area contributed by atoms with Crippen molar-refractivity contribution in [2.45, 2.75) is 19.8 Å². The van der Waals surface area contributed by atoms with Gasteiger partial charge in [0.05, 0.1) is 34.6 Å². The van der Waals surface area contributed by atoms with E-state index in [4.69, 9.17) is 37.4 Å². The van der Waals surface area contributed by atoms with Crippen LogP contribution in [-0.2, 0) is 14.3 Å². The summed E-state index contributed by atoms with van der Waals surface area (Å²) in [4.78, 5) is 30.4. The van der Waals surface area contributed by atoms with Crippen molar-refractivity contribution in [3.8, 4) is 11.5 Å². The van der Waals surface area contributed by atoms with Gasteiger partial charge in [-0.05, 0) is 50.6 Å². The summed E-state index contributed by atoms with van der Waals surface area (Å²) in [6, 6.07) is 11.1. The standard InChI is InChI=1S/C26H31Cl2N3O5/c1-2-34-25(33)17-31-22-16-19(8-9-23(22)36-18-24(31)32)35-15-4-3-10-29-11-13-30(14-12-29)21-7-5-6-20(27)26(21)28/h5-9,16H,2-4,10-15,17-18H2,1H3. The molecule has 2 aromatic carbocycles. The number of piperazine rings is 1. The minimum Gasteiger partial charge on any atom is -0.494 e. The SMILES string of the molecule is CCOC(=O)CN1C(=O)COc2ccc(OCCCCN3CCN(c4cccc(Cl)c4Cl)CC3)cc21. The summed E-state index contributed by atoms with van der Waals surface area (Å²) in [5.41, 5.74) is 1.52. The Morgan fingerprint density at radius 3 is 2.64 bits per heavy atom. The van der Waals surface area contributed by atoms with Crippen LogP contribution in [0.25, 0.3) is 0 Å². The van der Waals surface area contributed by atoms with E-state index in [1.807, 2.05) is 24.3 Å². The third-order valence-electron chi connectivity index (χ3n) is 6.25. The van der Waals surface area contributed by atoms with Crippen LogP contribution in [0.3, 0.4) is 0 Å². The van der Waals surface area contributed by atoms with E-state index < -0.39 is 5.97 Å². The first-order valence-electron chi connectivity index (χ1n) is 12.2. The van der Waals surface area contributed by atoms with Crippen LogP contribution in [0.4, 0.5) is 11.4 Å². The van der Waals surface area contributed by atoms with Gasteiger partial charge in [-0.3, -0.25) is 19.4 Å². The fourth-order valence-electron chi connectivity index (χ4n) is 4.36. The van der Waals surface area contributed by atoms with Gasteiger partial charge in [0, 0.05) is 32.2 Å². The smallest absolute Gasteiger partial charge is 0.326 e. The number of halogens is 2. The van der Waals surface area contributed by atoms with Crippen molar-refractivity contribution in [1.29, 1.82) is 0 Å². The van der Waals surface area contributed by atoms with Crippen LogP contribution in [0.15, 0.2) is 36.4 Å². The molecular weight excluding hydrogens is 505 g/mol. The van der Waals surface area contributed by atoms with Crippen molar-refractivity contribution < 1.29 is 23.8 Å². The molecule has 0 saturated carbocycles. The lowest BCUT2D eigenvalue weighted by atomic mass is 10.2. The van der Waals surface area contributed by atoms with Gasteiger partial charge in [-0.1, -0.05) is 29.3 Å². The highest BCUT2D eigenvalue weighted by Crippen LogP contribution is 2.35. The van der Waals surface area contributed by atoms with E-state index in [1.54, 1.807) is 19.1 Å². The number of carbonyl (C=O) groups is 2. The van der Waals surface area contributed by atoms with Gasteiger partial charge in [0.15, 0.2) is 6.61 Å². The zero-order valence-corrected chi connectivity index (χ0v) is 21.9. The van der Waals surface area contributed by atoms with Crippen LogP contribution >= 0.6 is 23.2 Å². The molecule has 0 atom stereocenters. The van der Waals surface area contributed by atoms with Gasteiger partial charge < -0.3 is 19.1 Å². The average Bonchev–Trinajstić information content (AvgIpc) is 2.88. The summed E-state index contributed by atoms with van der Waals surface area (Å²) in [5, 5.41) is 1.20. The lowest BCUT2D eigenvalue weighted by Gasteiger charge is -2.36. The van der Waals surface area contributed by atoms with Gasteiger partial charge in [0.2, 0.25) is 0 Å². The molecule has 2 aromatic rings. The molecule has 8 nitrogen and oxygen atoms in total. The molecule has 0 bridgehead atoms. The number of anilines is 2. The molecule has 0 radical (unpaired) electrons. The van der Waals surface area contributed by atoms with Crippen molar-refractivity contribution in [1.82, 2.24) is 4.90 Å². The van der Waals surface area contributed by atoms with E-state index in [1.165, 1.54) is 4.90 Å². The second-order valence-electron chi connectivity index (χ2n) is 8.66. The molecule has 2 heterocycles. The van der Waals surface area contributed by atoms with E-state index in [0.29, 0.717) is 33.8 Å². The second kappa shape index (κ2) is 12.5. The molecule has 10 heteroatoms. The Kier molecular flexibility index (Phi) is 9.18. The molecule has 36 heavy (non-hydrogen) atoms. The van der Waals surface area contributed by atoms with Crippen LogP contribution in [-0.4, -0.2) is 75.9 Å². The van der Waals surface area contributed by atoms with Crippen LogP contribution in [0.1, 0.15) is 19.8 Å². The highest BCUT2D eigenvalue weighted by atomic mass is 35.5. The van der Waals surface area contributed by atoms with Crippen LogP contribution in [0, 0.1) is 0 Å². The molecule has 0 N–H and O–H groups in total. The molecule has 4 rings (SSSR count). The minimum absolute atomic E-state index is 0.104. The Labute approximate surface area is 221 Å². The molecule has 2 aliphatic rings. The Morgan fingerprint density at radius 2 is 1.86 bits per heavy atom. The zero-order chi connectivity index (χ0) is 25.5. The van der Waals surface area contributed by atoms with E-state index >= 15 is 0 Å². The topological polar surface area (TPSA) is 71.5 Å². The first-order chi connectivity index (χ1) is 17.5. The van der Waals surface area contributed by atoms with Crippen LogP contribution in [0.5, 0.6) is 11.5 Å². The number of carbonyl (C=O) groups excluding carboxylic acids is 2. The van der Waals surface area contributed by atoms with Gasteiger partial charge in [0.25, 0.3) is 5.91 Å². The summed E-state index contributed by atoms with van der Waals surface area (Å²) in [6.07, 6.45) is 1.92. The summed E-state index contributed by atoms with van der Waals surface area (Å²) < 4.78 is 16.4. The summed E-state index contributed by atoms with van der Waals surface area (Å²) in [5.74, 6) is 0.435. The molecule has 2 aliphatic heterocycles. The molecule has 0 spiro atoms. The average molecular weight is 536 g/mol. The monoisotopic (exact) mass is 535 g/mol. The van der Waals surface area contributed by atoms with Gasteiger partial charge in [-0.25, -0.2) is 0 Å². The number of unbranched alkanes of at least 4 members (excludes halogenated alkanes) is 1. The summed E-state index contributed by atoms with van der Waals surface area (Å²) >= 11 is 12.5. The van der Waals surface area contributed by atoms with Crippen molar-refractivity contribution in [2.75, 3.05) is 68.9 Å². The quantitative estimate of drug-likeness (QED) is 0.332. The zero-order valence-electron chi connectivity index (χ0n) is 20.4. The number of benzene rings is 2. The van der Waals surface area contributed by atoms with Crippen molar-refractivity contribution >= 4 is 46.5 Å². The first-order valence-corrected chi connectivity index (χ1v) is 13.0. The molecule has 1 amide bonds. The molecule has 1 fully saturated rings. The lowest BCUT2D eigenvalue weighted by Crippen LogP contribution is -2.46. The molecule has 1 saturated heterocycles. The van der Waals surface area contributed by atoms with Gasteiger partial charge in [-0.2, -0.15) is 0 Å². The Balaban J connectivity index is 1.21. The predicted octanol–water partition coefficient (Wildman–Crippen LogP) is 4.26. The number of esters is 1.